The summed E-state index contributed by atoms with van der Waals surface area (Å²) in [5, 5.41) is 22.1. The van der Waals surface area contributed by atoms with Crippen molar-refractivity contribution >= 4 is 28.5 Å². The molecule has 2 rings (SSSR count). The number of aliphatic imine (C=N–C) groups is 1. The summed E-state index contributed by atoms with van der Waals surface area (Å²) in [6, 6.07) is 13.5. The number of rotatable bonds is 2. The van der Waals surface area contributed by atoms with E-state index in [4.69, 9.17) is 10.4 Å². The van der Waals surface area contributed by atoms with E-state index in [1.165, 1.54) is 0 Å². The molecule has 0 aromatic heterocycles. The SMILES string of the molecule is O/N=C\C(=Nc1ccc2ccccc2c1)NO. The van der Waals surface area contributed by atoms with Crippen molar-refractivity contribution in [2.75, 3.05) is 0 Å². The highest BCUT2D eigenvalue weighted by Gasteiger charge is 1.97. The Kier molecular flexibility index (Phi) is 3.32. The molecule has 0 radical (unpaired) electrons. The predicted octanol–water partition coefficient (Wildman–Crippen LogP) is 2.31. The Labute approximate surface area is 97.7 Å². The van der Waals surface area contributed by atoms with Crippen LogP contribution in [-0.2, 0) is 0 Å². The van der Waals surface area contributed by atoms with Crippen molar-refractivity contribution in [2.24, 2.45) is 10.1 Å². The zero-order chi connectivity index (χ0) is 12.1. The molecule has 0 spiro atoms. The zero-order valence-electron chi connectivity index (χ0n) is 8.91. The molecule has 0 heterocycles. The van der Waals surface area contributed by atoms with Crippen LogP contribution in [0, 0.1) is 0 Å². The molecule has 0 saturated heterocycles. The third-order valence-corrected chi connectivity index (χ3v) is 2.28. The van der Waals surface area contributed by atoms with E-state index < -0.39 is 0 Å². The fourth-order valence-electron chi connectivity index (χ4n) is 1.52. The third-order valence-electron chi connectivity index (χ3n) is 2.28. The average Bonchev–Trinajstić information content (AvgIpc) is 2.38. The summed E-state index contributed by atoms with van der Waals surface area (Å²) in [5.41, 5.74) is 2.49. The lowest BCUT2D eigenvalue weighted by Crippen LogP contribution is -2.19. The summed E-state index contributed by atoms with van der Waals surface area (Å²) in [6.45, 7) is 0. The molecular formula is C12H11N3O2. The van der Waals surface area contributed by atoms with Crippen LogP contribution in [0.2, 0.25) is 0 Å². The van der Waals surface area contributed by atoms with Gasteiger partial charge in [0.1, 0.15) is 6.21 Å². The number of nitrogens with zero attached hydrogens (tertiary/aromatic N) is 2. The van der Waals surface area contributed by atoms with E-state index >= 15 is 0 Å². The summed E-state index contributed by atoms with van der Waals surface area (Å²) < 4.78 is 0. The van der Waals surface area contributed by atoms with Crippen LogP contribution in [0.4, 0.5) is 5.69 Å². The smallest absolute Gasteiger partial charge is 0.172 e. The van der Waals surface area contributed by atoms with Crippen LogP contribution in [-0.4, -0.2) is 22.5 Å². The number of hydroxylamine groups is 1. The van der Waals surface area contributed by atoms with E-state index in [-0.39, 0.29) is 5.84 Å². The summed E-state index contributed by atoms with van der Waals surface area (Å²) >= 11 is 0. The number of benzene rings is 2. The molecule has 0 amide bonds. The van der Waals surface area contributed by atoms with Crippen LogP contribution < -0.4 is 5.48 Å². The normalized spacial score (nSPS) is 12.2. The summed E-state index contributed by atoms with van der Waals surface area (Å²) in [7, 11) is 0. The first-order valence-electron chi connectivity index (χ1n) is 4.98. The molecule has 2 aromatic carbocycles. The molecule has 5 nitrogen and oxygen atoms in total. The molecule has 5 heteroatoms. The van der Waals surface area contributed by atoms with Gasteiger partial charge in [-0.25, -0.2) is 4.99 Å². The van der Waals surface area contributed by atoms with Crippen LogP contribution in [0.5, 0.6) is 0 Å². The number of hydrogen-bond acceptors (Lipinski definition) is 4. The first kappa shape index (κ1) is 11.1. The molecule has 0 atom stereocenters. The Bertz CT molecular complexity index is 579. The number of nitrogens with one attached hydrogen (secondary N) is 1. The standard InChI is InChI=1S/C12H11N3O2/c16-13-8-12(15-17)14-11-6-5-9-3-1-2-4-10(9)7-11/h1-8,16-17H,(H,14,15)/b13-8-. The van der Waals surface area contributed by atoms with Gasteiger partial charge in [0.15, 0.2) is 5.84 Å². The topological polar surface area (TPSA) is 77.2 Å². The minimum absolute atomic E-state index is 0.0581. The van der Waals surface area contributed by atoms with Gasteiger partial charge in [-0.2, -0.15) is 0 Å². The monoisotopic (exact) mass is 229 g/mol. The highest BCUT2D eigenvalue weighted by Crippen LogP contribution is 2.20. The first-order valence-corrected chi connectivity index (χ1v) is 4.98. The lowest BCUT2D eigenvalue weighted by molar-refractivity contribution is 0.236. The largest absolute Gasteiger partial charge is 0.411 e. The molecule has 2 aromatic rings. The van der Waals surface area contributed by atoms with Crippen molar-refractivity contribution in [1.29, 1.82) is 0 Å². The highest BCUT2D eigenvalue weighted by molar-refractivity contribution is 6.29. The summed E-state index contributed by atoms with van der Waals surface area (Å²) in [5.74, 6) is 0.0581. The van der Waals surface area contributed by atoms with Gasteiger partial charge >= 0.3 is 0 Å². The van der Waals surface area contributed by atoms with Crippen LogP contribution >= 0.6 is 0 Å². The van der Waals surface area contributed by atoms with Gasteiger partial charge in [-0.1, -0.05) is 35.5 Å². The molecule has 0 aliphatic heterocycles. The maximum Gasteiger partial charge on any atom is 0.172 e. The molecule has 17 heavy (non-hydrogen) atoms. The second-order valence-electron chi connectivity index (χ2n) is 3.38. The van der Waals surface area contributed by atoms with Crippen molar-refractivity contribution in [3.8, 4) is 0 Å². The predicted molar refractivity (Wildman–Crippen MR) is 66.2 cm³/mol. The minimum atomic E-state index is 0.0581. The summed E-state index contributed by atoms with van der Waals surface area (Å²) in [6.07, 6.45) is 1.01. The van der Waals surface area contributed by atoms with Gasteiger partial charge in [0.05, 0.1) is 5.69 Å². The Morgan fingerprint density at radius 1 is 1.12 bits per heavy atom. The molecule has 0 bridgehead atoms. The molecule has 0 saturated carbocycles. The van der Waals surface area contributed by atoms with Crippen molar-refractivity contribution < 1.29 is 10.4 Å². The first-order chi connectivity index (χ1) is 8.33. The Morgan fingerprint density at radius 2 is 1.88 bits per heavy atom. The summed E-state index contributed by atoms with van der Waals surface area (Å²) in [4.78, 5) is 4.06. The fourth-order valence-corrected chi connectivity index (χ4v) is 1.52. The van der Waals surface area contributed by atoms with Crippen molar-refractivity contribution in [1.82, 2.24) is 5.48 Å². The van der Waals surface area contributed by atoms with Gasteiger partial charge in [0, 0.05) is 0 Å². The number of amidine groups is 1. The van der Waals surface area contributed by atoms with E-state index in [1.54, 1.807) is 0 Å². The fraction of sp³-hybridized carbons (Fsp3) is 0. The molecule has 0 aliphatic carbocycles. The maximum atomic E-state index is 8.75. The molecule has 0 aliphatic rings. The third kappa shape index (κ3) is 2.59. The van der Waals surface area contributed by atoms with E-state index in [2.05, 4.69) is 10.1 Å². The Morgan fingerprint density at radius 3 is 2.59 bits per heavy atom. The Hall–Kier alpha value is -2.40. The van der Waals surface area contributed by atoms with Gasteiger partial charge in [-0.3, -0.25) is 10.7 Å². The average molecular weight is 229 g/mol. The van der Waals surface area contributed by atoms with Gasteiger partial charge in [-0.05, 0) is 22.9 Å². The molecule has 0 fully saturated rings. The van der Waals surface area contributed by atoms with E-state index in [9.17, 15) is 0 Å². The van der Waals surface area contributed by atoms with Crippen molar-refractivity contribution in [2.45, 2.75) is 0 Å². The second kappa shape index (κ2) is 5.09. The quantitative estimate of drug-likeness (QED) is 0.320. The molecular weight excluding hydrogens is 218 g/mol. The van der Waals surface area contributed by atoms with Gasteiger partial charge < -0.3 is 5.21 Å². The van der Waals surface area contributed by atoms with Gasteiger partial charge in [-0.15, -0.1) is 0 Å². The minimum Gasteiger partial charge on any atom is -0.411 e. The zero-order valence-corrected chi connectivity index (χ0v) is 8.91. The number of hydrogen-bond donors (Lipinski definition) is 3. The van der Waals surface area contributed by atoms with Crippen LogP contribution in [0.1, 0.15) is 0 Å². The van der Waals surface area contributed by atoms with Gasteiger partial charge in [0.25, 0.3) is 0 Å². The lowest BCUT2D eigenvalue weighted by atomic mass is 10.1. The molecule has 86 valence electrons. The Balaban J connectivity index is 2.42. The number of fused-ring (bicyclic) bond motifs is 1. The second-order valence-corrected chi connectivity index (χ2v) is 3.38. The van der Waals surface area contributed by atoms with Crippen molar-refractivity contribution in [3.63, 3.8) is 0 Å². The number of oxime groups is 1. The molecule has 3 N–H and O–H groups in total. The van der Waals surface area contributed by atoms with Gasteiger partial charge in [0.2, 0.25) is 0 Å². The highest BCUT2D eigenvalue weighted by atomic mass is 16.5. The van der Waals surface area contributed by atoms with E-state index in [0.717, 1.165) is 17.0 Å². The van der Waals surface area contributed by atoms with E-state index in [1.807, 2.05) is 47.9 Å². The van der Waals surface area contributed by atoms with Crippen molar-refractivity contribution in [3.05, 3.63) is 42.5 Å². The van der Waals surface area contributed by atoms with Crippen LogP contribution in [0.15, 0.2) is 52.6 Å². The lowest BCUT2D eigenvalue weighted by Gasteiger charge is -2.00. The molecule has 0 unspecified atom stereocenters. The van der Waals surface area contributed by atoms with Crippen LogP contribution in [0.25, 0.3) is 10.8 Å². The van der Waals surface area contributed by atoms with Crippen LogP contribution in [0.3, 0.4) is 0 Å². The maximum absolute atomic E-state index is 8.75. The van der Waals surface area contributed by atoms with E-state index in [0.29, 0.717) is 5.69 Å².